The van der Waals surface area contributed by atoms with Crippen molar-refractivity contribution in [2.45, 2.75) is 50.5 Å². The van der Waals surface area contributed by atoms with E-state index in [2.05, 4.69) is 15.6 Å². The maximum atomic E-state index is 12.2. The lowest BCUT2D eigenvalue weighted by molar-refractivity contribution is -0.128. The van der Waals surface area contributed by atoms with Gasteiger partial charge < -0.3 is 10.6 Å². The smallest absolute Gasteiger partial charge is 0.234 e. The van der Waals surface area contributed by atoms with Crippen LogP contribution in [-0.2, 0) is 16.0 Å². The molecule has 2 heterocycles. The van der Waals surface area contributed by atoms with Crippen LogP contribution in [0, 0.1) is 0 Å². The Hall–Kier alpha value is -1.27. The van der Waals surface area contributed by atoms with E-state index in [0.29, 0.717) is 25.4 Å². The van der Waals surface area contributed by atoms with Gasteiger partial charge >= 0.3 is 0 Å². The number of hydrogen-bond acceptors (Lipinski definition) is 5. The van der Waals surface area contributed by atoms with Crippen LogP contribution in [0.15, 0.2) is 6.20 Å². The molecule has 1 saturated heterocycles. The van der Waals surface area contributed by atoms with E-state index in [0.717, 1.165) is 5.01 Å². The lowest BCUT2D eigenvalue weighted by atomic mass is 9.89. The Bertz CT molecular complexity index is 523. The third-order valence-electron chi connectivity index (χ3n) is 4.26. The molecule has 2 aliphatic rings. The molecule has 1 saturated carbocycles. The fraction of sp³-hybridized carbons (Fsp3) is 0.667. The lowest BCUT2D eigenvalue weighted by Crippen LogP contribution is -2.55. The SMILES string of the molecule is O=C1CNC[C@H](C(=O)Cc2ncc(C3CCCCC3)s2)N1. The van der Waals surface area contributed by atoms with Gasteiger partial charge in [-0.15, -0.1) is 11.3 Å². The largest absolute Gasteiger partial charge is 0.344 e. The molecule has 2 N–H and O–H groups in total. The van der Waals surface area contributed by atoms with Gasteiger partial charge in [-0.05, 0) is 18.8 Å². The number of thiazole rings is 1. The number of ketones is 1. The molecular weight excluding hydrogens is 286 g/mol. The molecule has 0 unspecified atom stereocenters. The summed E-state index contributed by atoms with van der Waals surface area (Å²) in [7, 11) is 0. The maximum absolute atomic E-state index is 12.2. The molecular formula is C15H21N3O2S. The van der Waals surface area contributed by atoms with Gasteiger partial charge in [0.2, 0.25) is 5.91 Å². The predicted molar refractivity (Wildman–Crippen MR) is 81.5 cm³/mol. The Morgan fingerprint density at radius 2 is 2.14 bits per heavy atom. The summed E-state index contributed by atoms with van der Waals surface area (Å²) in [5.74, 6) is 0.567. The Labute approximate surface area is 128 Å². The van der Waals surface area contributed by atoms with Gasteiger partial charge in [-0.3, -0.25) is 9.59 Å². The summed E-state index contributed by atoms with van der Waals surface area (Å²) in [6.45, 7) is 0.818. The van der Waals surface area contributed by atoms with Crippen LogP contribution < -0.4 is 10.6 Å². The second kappa shape index (κ2) is 6.66. The molecule has 1 aliphatic heterocycles. The fourth-order valence-corrected chi connectivity index (χ4v) is 4.17. The molecule has 1 aromatic heterocycles. The monoisotopic (exact) mass is 307 g/mol. The van der Waals surface area contributed by atoms with Crippen molar-refractivity contribution in [3.05, 3.63) is 16.1 Å². The highest BCUT2D eigenvalue weighted by Gasteiger charge is 2.25. The van der Waals surface area contributed by atoms with Crippen LogP contribution in [0.1, 0.15) is 47.9 Å². The van der Waals surface area contributed by atoms with E-state index in [-0.39, 0.29) is 11.7 Å². The Morgan fingerprint density at radius 3 is 2.90 bits per heavy atom. The number of amides is 1. The molecule has 0 spiro atoms. The van der Waals surface area contributed by atoms with Gasteiger partial charge in [0.1, 0.15) is 11.0 Å². The zero-order chi connectivity index (χ0) is 14.7. The van der Waals surface area contributed by atoms with Gasteiger partial charge in [0.05, 0.1) is 13.0 Å². The van der Waals surface area contributed by atoms with Crippen molar-refractivity contribution in [2.75, 3.05) is 13.1 Å². The number of aromatic nitrogens is 1. The van der Waals surface area contributed by atoms with Crippen molar-refractivity contribution < 1.29 is 9.59 Å². The molecule has 1 atom stereocenters. The van der Waals surface area contributed by atoms with Crippen molar-refractivity contribution in [3.8, 4) is 0 Å². The first kappa shape index (κ1) is 14.7. The standard InChI is InChI=1S/C15H21N3O2S/c19-12(11-7-16-9-14(20)18-11)6-15-17-8-13(21-15)10-4-2-1-3-5-10/h8,10-11,16H,1-7,9H2,(H,18,20)/t11-/m1/s1. The quantitative estimate of drug-likeness (QED) is 0.882. The van der Waals surface area contributed by atoms with Crippen LogP contribution in [0.5, 0.6) is 0 Å². The van der Waals surface area contributed by atoms with Gasteiger partial charge in [0, 0.05) is 17.6 Å². The van der Waals surface area contributed by atoms with Gasteiger partial charge in [-0.2, -0.15) is 0 Å². The molecule has 0 radical (unpaired) electrons. The normalized spacial score (nSPS) is 23.8. The van der Waals surface area contributed by atoms with Crippen molar-refractivity contribution in [1.82, 2.24) is 15.6 Å². The Balaban J connectivity index is 1.58. The highest BCUT2D eigenvalue weighted by Crippen LogP contribution is 2.35. The molecule has 1 amide bonds. The summed E-state index contributed by atoms with van der Waals surface area (Å²) in [4.78, 5) is 29.2. The summed E-state index contributed by atoms with van der Waals surface area (Å²) in [5, 5.41) is 6.57. The molecule has 5 nitrogen and oxygen atoms in total. The van der Waals surface area contributed by atoms with Crippen LogP contribution in [0.4, 0.5) is 0 Å². The summed E-state index contributed by atoms with van der Waals surface area (Å²) in [5.41, 5.74) is 0. The second-order valence-corrected chi connectivity index (χ2v) is 7.03. The van der Waals surface area contributed by atoms with Crippen LogP contribution in [0.2, 0.25) is 0 Å². The zero-order valence-electron chi connectivity index (χ0n) is 12.1. The summed E-state index contributed by atoms with van der Waals surface area (Å²) < 4.78 is 0. The average Bonchev–Trinajstić information content (AvgIpc) is 2.97. The summed E-state index contributed by atoms with van der Waals surface area (Å²) in [6, 6.07) is -0.409. The molecule has 2 fully saturated rings. The third-order valence-corrected chi connectivity index (χ3v) is 5.42. The van der Waals surface area contributed by atoms with E-state index in [1.54, 1.807) is 11.3 Å². The lowest BCUT2D eigenvalue weighted by Gasteiger charge is -2.22. The number of nitrogens with zero attached hydrogens (tertiary/aromatic N) is 1. The first-order valence-corrected chi connectivity index (χ1v) is 8.51. The highest BCUT2D eigenvalue weighted by molar-refractivity contribution is 7.11. The molecule has 1 aliphatic carbocycles. The van der Waals surface area contributed by atoms with Crippen LogP contribution in [0.3, 0.4) is 0 Å². The van der Waals surface area contributed by atoms with E-state index in [1.807, 2.05) is 6.20 Å². The number of nitrogens with one attached hydrogen (secondary N) is 2. The molecule has 1 aromatic rings. The third kappa shape index (κ3) is 3.68. The van der Waals surface area contributed by atoms with Crippen molar-refractivity contribution in [2.24, 2.45) is 0 Å². The summed E-state index contributed by atoms with van der Waals surface area (Å²) >= 11 is 1.67. The fourth-order valence-electron chi connectivity index (χ4n) is 3.07. The van der Waals surface area contributed by atoms with Crippen LogP contribution >= 0.6 is 11.3 Å². The van der Waals surface area contributed by atoms with E-state index in [9.17, 15) is 9.59 Å². The van der Waals surface area contributed by atoms with E-state index in [1.165, 1.54) is 37.0 Å². The predicted octanol–water partition coefficient (Wildman–Crippen LogP) is 1.39. The van der Waals surface area contributed by atoms with Gasteiger partial charge in [-0.25, -0.2) is 4.98 Å². The Kier molecular flexibility index (Phi) is 4.65. The minimum atomic E-state index is -0.409. The van der Waals surface area contributed by atoms with Crippen molar-refractivity contribution >= 4 is 23.0 Å². The minimum Gasteiger partial charge on any atom is -0.344 e. The van der Waals surface area contributed by atoms with Gasteiger partial charge in [0.15, 0.2) is 5.78 Å². The first-order chi connectivity index (χ1) is 10.2. The zero-order valence-corrected chi connectivity index (χ0v) is 12.9. The molecule has 3 rings (SSSR count). The number of hydrogen-bond donors (Lipinski definition) is 2. The van der Waals surface area contributed by atoms with E-state index < -0.39 is 6.04 Å². The molecule has 0 aromatic carbocycles. The number of carbonyl (C=O) groups excluding carboxylic acids is 2. The number of Topliss-reactive ketones (excluding diaryl/α,β-unsaturated/α-hetero) is 1. The molecule has 0 bridgehead atoms. The number of piperazine rings is 1. The summed E-state index contributed by atoms with van der Waals surface area (Å²) in [6.07, 6.45) is 8.71. The number of rotatable bonds is 4. The van der Waals surface area contributed by atoms with Crippen molar-refractivity contribution in [3.63, 3.8) is 0 Å². The van der Waals surface area contributed by atoms with Crippen LogP contribution in [-0.4, -0.2) is 35.8 Å². The minimum absolute atomic E-state index is 0.0418. The molecule has 114 valence electrons. The average molecular weight is 307 g/mol. The highest BCUT2D eigenvalue weighted by atomic mass is 32.1. The van der Waals surface area contributed by atoms with Gasteiger partial charge in [0.25, 0.3) is 0 Å². The number of carbonyl (C=O) groups is 2. The first-order valence-electron chi connectivity index (χ1n) is 7.70. The second-order valence-electron chi connectivity index (χ2n) is 5.89. The van der Waals surface area contributed by atoms with Crippen LogP contribution in [0.25, 0.3) is 0 Å². The van der Waals surface area contributed by atoms with Gasteiger partial charge in [-0.1, -0.05) is 19.3 Å². The van der Waals surface area contributed by atoms with E-state index >= 15 is 0 Å². The van der Waals surface area contributed by atoms with E-state index in [4.69, 9.17) is 0 Å². The maximum Gasteiger partial charge on any atom is 0.234 e. The topological polar surface area (TPSA) is 71.1 Å². The Morgan fingerprint density at radius 1 is 1.33 bits per heavy atom. The molecule has 21 heavy (non-hydrogen) atoms. The van der Waals surface area contributed by atoms with Crippen molar-refractivity contribution in [1.29, 1.82) is 0 Å². The molecule has 6 heteroatoms.